The van der Waals surface area contributed by atoms with Crippen molar-refractivity contribution in [2.24, 2.45) is 23.7 Å². The Morgan fingerprint density at radius 3 is 2.48 bits per heavy atom. The lowest BCUT2D eigenvalue weighted by molar-refractivity contribution is -0.313. The van der Waals surface area contributed by atoms with Crippen LogP contribution in [-0.4, -0.2) is 25.1 Å². The molecule has 2 aliphatic carbocycles. The quantitative estimate of drug-likeness (QED) is 0.825. The predicted molar refractivity (Wildman–Crippen MR) is 78.8 cm³/mol. The summed E-state index contributed by atoms with van der Waals surface area (Å²) in [6.07, 6.45) is 4.54. The van der Waals surface area contributed by atoms with Gasteiger partial charge in [0.15, 0.2) is 11.5 Å². The van der Waals surface area contributed by atoms with Gasteiger partial charge in [0.2, 0.25) is 5.91 Å². The lowest BCUT2D eigenvalue weighted by Crippen LogP contribution is -2.42. The van der Waals surface area contributed by atoms with E-state index in [2.05, 4.69) is 5.32 Å². The van der Waals surface area contributed by atoms with Gasteiger partial charge in [0.05, 0.1) is 5.92 Å². The third kappa shape index (κ3) is 2.34. The average Bonchev–Trinajstić information content (AvgIpc) is 3.15. The summed E-state index contributed by atoms with van der Waals surface area (Å²) in [6.45, 7) is 0.970. The van der Waals surface area contributed by atoms with Crippen LogP contribution in [0.3, 0.4) is 0 Å². The van der Waals surface area contributed by atoms with E-state index in [9.17, 15) is 14.7 Å². The first-order valence-corrected chi connectivity index (χ1v) is 7.73. The zero-order valence-electron chi connectivity index (χ0n) is 12.4. The van der Waals surface area contributed by atoms with E-state index in [1.165, 1.54) is 0 Å². The fourth-order valence-electron chi connectivity index (χ4n) is 3.85. The Morgan fingerprint density at radius 2 is 1.74 bits per heavy atom. The van der Waals surface area contributed by atoms with E-state index in [4.69, 9.17) is 9.47 Å². The Morgan fingerprint density at radius 1 is 1.04 bits per heavy atom. The highest BCUT2D eigenvalue weighted by Crippen LogP contribution is 2.48. The molecule has 2 bridgehead atoms. The number of anilines is 1. The minimum atomic E-state index is -1.15. The van der Waals surface area contributed by atoms with Gasteiger partial charge in [0.25, 0.3) is 0 Å². The van der Waals surface area contributed by atoms with Gasteiger partial charge in [-0.05, 0) is 30.4 Å². The van der Waals surface area contributed by atoms with Crippen LogP contribution >= 0.6 is 0 Å². The average molecular weight is 314 g/mol. The maximum atomic E-state index is 12.6. The van der Waals surface area contributed by atoms with Gasteiger partial charge in [-0.1, -0.05) is 12.2 Å². The molecule has 0 radical (unpaired) electrons. The third-order valence-corrected chi connectivity index (χ3v) is 4.84. The van der Waals surface area contributed by atoms with Crippen molar-refractivity contribution in [1.29, 1.82) is 0 Å². The molecule has 23 heavy (non-hydrogen) atoms. The van der Waals surface area contributed by atoms with Crippen molar-refractivity contribution in [3.63, 3.8) is 0 Å². The summed E-state index contributed by atoms with van der Waals surface area (Å²) in [4.78, 5) is 24.0. The number of carbonyl (C=O) groups is 2. The number of carboxylic acids is 1. The SMILES string of the molecule is O=C(Nc1ccc2c(c1)OCCO2)[C@@H]1[C@H](C(=O)[O-])[C@H]2C=C[C@@H]1C2. The van der Waals surface area contributed by atoms with Gasteiger partial charge < -0.3 is 24.7 Å². The van der Waals surface area contributed by atoms with Crippen molar-refractivity contribution in [3.05, 3.63) is 30.4 Å². The predicted octanol–water partition coefficient (Wildman–Crippen LogP) is 0.584. The van der Waals surface area contributed by atoms with Gasteiger partial charge in [-0.2, -0.15) is 0 Å². The number of hydrogen-bond donors (Lipinski definition) is 1. The smallest absolute Gasteiger partial charge is 0.228 e. The molecule has 1 heterocycles. The van der Waals surface area contributed by atoms with Crippen LogP contribution < -0.4 is 19.9 Å². The summed E-state index contributed by atoms with van der Waals surface area (Å²) in [5.41, 5.74) is 0.572. The van der Waals surface area contributed by atoms with Gasteiger partial charge in [-0.3, -0.25) is 4.79 Å². The fraction of sp³-hybridized carbons (Fsp3) is 0.412. The zero-order valence-corrected chi connectivity index (χ0v) is 12.4. The monoisotopic (exact) mass is 314 g/mol. The molecule has 4 rings (SSSR count). The Hall–Kier alpha value is -2.50. The van der Waals surface area contributed by atoms with Gasteiger partial charge in [0, 0.05) is 23.6 Å². The van der Waals surface area contributed by atoms with Crippen LogP contribution in [0.1, 0.15) is 6.42 Å². The molecule has 1 N–H and O–H groups in total. The van der Waals surface area contributed by atoms with Crippen molar-refractivity contribution in [3.8, 4) is 11.5 Å². The van der Waals surface area contributed by atoms with E-state index < -0.39 is 17.8 Å². The van der Waals surface area contributed by atoms with E-state index >= 15 is 0 Å². The topological polar surface area (TPSA) is 87.7 Å². The molecule has 0 spiro atoms. The first-order valence-electron chi connectivity index (χ1n) is 7.73. The van der Waals surface area contributed by atoms with Gasteiger partial charge in [0.1, 0.15) is 13.2 Å². The molecule has 0 aromatic heterocycles. The standard InChI is InChI=1S/C17H17NO5/c19-16(14-9-1-2-10(7-9)15(14)17(20)21)18-11-3-4-12-13(8-11)23-6-5-22-12/h1-4,8-10,14-15H,5-7H2,(H,18,19)(H,20,21)/p-1/t9-,10+,14+,15-/m1/s1. The molecule has 1 amide bonds. The number of nitrogens with one attached hydrogen (secondary N) is 1. The Labute approximate surface area is 133 Å². The zero-order chi connectivity index (χ0) is 16.0. The van der Waals surface area contributed by atoms with Crippen molar-refractivity contribution in [2.75, 3.05) is 18.5 Å². The highest BCUT2D eigenvalue weighted by molar-refractivity contribution is 5.96. The second-order valence-corrected chi connectivity index (χ2v) is 6.17. The lowest BCUT2D eigenvalue weighted by Gasteiger charge is -2.28. The minimum absolute atomic E-state index is 0.0277. The van der Waals surface area contributed by atoms with E-state index in [-0.39, 0.29) is 17.7 Å². The largest absolute Gasteiger partial charge is 0.550 e. The van der Waals surface area contributed by atoms with Crippen LogP contribution in [0, 0.1) is 23.7 Å². The van der Waals surface area contributed by atoms with Crippen LogP contribution in [-0.2, 0) is 9.59 Å². The molecule has 1 aliphatic heterocycles. The molecule has 1 fully saturated rings. The number of carboxylic acid groups (broad SMARTS) is 1. The lowest BCUT2D eigenvalue weighted by atomic mass is 9.82. The van der Waals surface area contributed by atoms with Gasteiger partial charge in [-0.25, -0.2) is 0 Å². The number of ether oxygens (including phenoxy) is 2. The van der Waals surface area contributed by atoms with E-state index in [1.54, 1.807) is 18.2 Å². The van der Waals surface area contributed by atoms with Crippen molar-refractivity contribution >= 4 is 17.6 Å². The second-order valence-electron chi connectivity index (χ2n) is 6.17. The number of aliphatic carboxylic acids is 1. The summed E-state index contributed by atoms with van der Waals surface area (Å²) in [6, 6.07) is 5.16. The molecule has 1 aromatic carbocycles. The molecule has 0 unspecified atom stereocenters. The molecule has 120 valence electrons. The Kier molecular flexibility index (Phi) is 3.25. The highest BCUT2D eigenvalue weighted by atomic mass is 16.6. The molecule has 4 atom stereocenters. The molecule has 6 nitrogen and oxygen atoms in total. The van der Waals surface area contributed by atoms with Crippen LogP contribution in [0.15, 0.2) is 30.4 Å². The van der Waals surface area contributed by atoms with Gasteiger partial charge in [-0.15, -0.1) is 0 Å². The summed E-state index contributed by atoms with van der Waals surface area (Å²) >= 11 is 0. The number of hydrogen-bond acceptors (Lipinski definition) is 5. The summed E-state index contributed by atoms with van der Waals surface area (Å²) in [5.74, 6) is -1.66. The third-order valence-electron chi connectivity index (χ3n) is 4.84. The van der Waals surface area contributed by atoms with Crippen LogP contribution in [0.5, 0.6) is 11.5 Å². The molecule has 1 saturated carbocycles. The van der Waals surface area contributed by atoms with Crippen molar-refractivity contribution in [2.45, 2.75) is 6.42 Å². The van der Waals surface area contributed by atoms with E-state index in [0.717, 1.165) is 0 Å². The number of fused-ring (bicyclic) bond motifs is 3. The maximum Gasteiger partial charge on any atom is 0.228 e. The maximum absolute atomic E-state index is 12.6. The van der Waals surface area contributed by atoms with Crippen LogP contribution in [0.25, 0.3) is 0 Å². The normalized spacial score (nSPS) is 30.3. The molecule has 6 heteroatoms. The highest BCUT2D eigenvalue weighted by Gasteiger charge is 2.48. The van der Waals surface area contributed by atoms with E-state index in [1.807, 2.05) is 12.2 Å². The number of carbonyl (C=O) groups excluding carboxylic acids is 2. The second kappa shape index (κ2) is 5.30. The first kappa shape index (κ1) is 14.1. The van der Waals surface area contributed by atoms with Gasteiger partial charge >= 0.3 is 0 Å². The molecule has 1 aromatic rings. The summed E-state index contributed by atoms with van der Waals surface area (Å²) in [7, 11) is 0. The Bertz CT molecular complexity index is 698. The number of amides is 1. The summed E-state index contributed by atoms with van der Waals surface area (Å²) < 4.78 is 10.9. The molecular weight excluding hydrogens is 298 g/mol. The number of rotatable bonds is 3. The molecular formula is C17H16NO5-. The first-order chi connectivity index (χ1) is 11.1. The van der Waals surface area contributed by atoms with Crippen molar-refractivity contribution < 1.29 is 24.2 Å². The number of allylic oxidation sites excluding steroid dienone is 2. The number of benzene rings is 1. The van der Waals surface area contributed by atoms with Crippen molar-refractivity contribution in [1.82, 2.24) is 0 Å². The summed E-state index contributed by atoms with van der Waals surface area (Å²) in [5, 5.41) is 14.2. The molecule has 0 saturated heterocycles. The van der Waals surface area contributed by atoms with Crippen LogP contribution in [0.2, 0.25) is 0 Å². The fourth-order valence-corrected chi connectivity index (χ4v) is 3.85. The minimum Gasteiger partial charge on any atom is -0.550 e. The molecule has 3 aliphatic rings. The van der Waals surface area contributed by atoms with E-state index in [0.29, 0.717) is 36.8 Å². The van der Waals surface area contributed by atoms with Crippen LogP contribution in [0.4, 0.5) is 5.69 Å². The Balaban J connectivity index is 1.54.